The van der Waals surface area contributed by atoms with Crippen LogP contribution in [0.25, 0.3) is 11.4 Å². The fourth-order valence-electron chi connectivity index (χ4n) is 3.17. The van der Waals surface area contributed by atoms with Crippen LogP contribution in [0.5, 0.6) is 0 Å². The number of halogens is 3. The van der Waals surface area contributed by atoms with Gasteiger partial charge in [0, 0.05) is 12.6 Å². The topological polar surface area (TPSA) is 71.3 Å². The maximum Gasteiger partial charge on any atom is 0.322 e. The van der Waals surface area contributed by atoms with E-state index in [-0.39, 0.29) is 23.0 Å². The second-order valence-electron chi connectivity index (χ2n) is 6.34. The molecular formula is C19H15F3N4O2. The second kappa shape index (κ2) is 7.34. The minimum atomic E-state index is -0.812. The van der Waals surface area contributed by atoms with Gasteiger partial charge in [0.15, 0.2) is 0 Å². The van der Waals surface area contributed by atoms with Crippen LogP contribution in [0.2, 0.25) is 0 Å². The standard InChI is InChI=1S/C19H15F3N4O2/c20-11-7-8-12(14(22)10-11)17-24-18(28-25-17)16-6-3-9-26(16)19(27)23-15-5-2-1-4-13(15)21/h1-2,4-5,7-8,10,16H,3,6,9H2,(H,23,27)/t16-/m0/s1. The van der Waals surface area contributed by atoms with Gasteiger partial charge in [0.1, 0.15) is 23.5 Å². The lowest BCUT2D eigenvalue weighted by Crippen LogP contribution is -2.34. The monoisotopic (exact) mass is 388 g/mol. The number of amides is 2. The Morgan fingerprint density at radius 1 is 1.14 bits per heavy atom. The zero-order valence-corrected chi connectivity index (χ0v) is 14.5. The molecule has 2 aromatic carbocycles. The SMILES string of the molecule is O=C(Nc1ccccc1F)N1CCC[C@H]1c1nc(-c2ccc(F)cc2F)no1. The normalized spacial score (nSPS) is 16.4. The van der Waals surface area contributed by atoms with Gasteiger partial charge in [-0.1, -0.05) is 17.3 Å². The van der Waals surface area contributed by atoms with Crippen molar-refractivity contribution in [2.45, 2.75) is 18.9 Å². The molecule has 28 heavy (non-hydrogen) atoms. The van der Waals surface area contributed by atoms with E-state index in [0.29, 0.717) is 19.4 Å². The molecule has 1 aliphatic rings. The van der Waals surface area contributed by atoms with Gasteiger partial charge in [0.2, 0.25) is 11.7 Å². The second-order valence-corrected chi connectivity index (χ2v) is 6.34. The van der Waals surface area contributed by atoms with Gasteiger partial charge in [-0.15, -0.1) is 0 Å². The van der Waals surface area contributed by atoms with Gasteiger partial charge in [0.25, 0.3) is 0 Å². The summed E-state index contributed by atoms with van der Waals surface area (Å²) in [6, 6.07) is 7.87. The molecule has 0 spiro atoms. The highest BCUT2D eigenvalue weighted by Crippen LogP contribution is 2.33. The first kappa shape index (κ1) is 18.0. The largest absolute Gasteiger partial charge is 0.337 e. The quantitative estimate of drug-likeness (QED) is 0.716. The first-order chi connectivity index (χ1) is 13.5. The summed E-state index contributed by atoms with van der Waals surface area (Å²) in [5, 5.41) is 6.27. The van der Waals surface area contributed by atoms with Gasteiger partial charge < -0.3 is 14.7 Å². The van der Waals surface area contributed by atoms with E-state index in [1.165, 1.54) is 29.2 Å². The molecule has 0 radical (unpaired) electrons. The number of benzene rings is 2. The van der Waals surface area contributed by atoms with Gasteiger partial charge in [-0.25, -0.2) is 18.0 Å². The summed E-state index contributed by atoms with van der Waals surface area (Å²) in [7, 11) is 0. The van der Waals surface area contributed by atoms with E-state index in [9.17, 15) is 18.0 Å². The third-order valence-corrected chi connectivity index (χ3v) is 4.53. The molecule has 4 rings (SSSR count). The number of carbonyl (C=O) groups is 1. The summed E-state index contributed by atoms with van der Waals surface area (Å²) in [6.45, 7) is 0.424. The maximum atomic E-state index is 13.9. The highest BCUT2D eigenvalue weighted by Gasteiger charge is 2.34. The Kier molecular flexibility index (Phi) is 4.72. The van der Waals surface area contributed by atoms with E-state index >= 15 is 0 Å². The molecule has 1 aliphatic heterocycles. The van der Waals surface area contributed by atoms with Crippen molar-refractivity contribution in [2.24, 2.45) is 0 Å². The Balaban J connectivity index is 1.55. The Hall–Kier alpha value is -3.36. The summed E-state index contributed by atoms with van der Waals surface area (Å²) in [5.74, 6) is -1.96. The van der Waals surface area contributed by atoms with Crippen molar-refractivity contribution in [1.82, 2.24) is 15.0 Å². The van der Waals surface area contributed by atoms with E-state index in [0.717, 1.165) is 12.1 Å². The lowest BCUT2D eigenvalue weighted by Gasteiger charge is -2.22. The third kappa shape index (κ3) is 3.42. The fourth-order valence-corrected chi connectivity index (χ4v) is 3.17. The summed E-state index contributed by atoms with van der Waals surface area (Å²) in [6.07, 6.45) is 1.26. The van der Waals surface area contributed by atoms with Crippen LogP contribution in [0, 0.1) is 17.5 Å². The number of rotatable bonds is 3. The molecule has 1 atom stereocenters. The summed E-state index contributed by atoms with van der Waals surface area (Å²) < 4.78 is 46.0. The number of nitrogens with one attached hydrogen (secondary N) is 1. The van der Waals surface area contributed by atoms with Crippen molar-refractivity contribution in [3.63, 3.8) is 0 Å². The van der Waals surface area contributed by atoms with Gasteiger partial charge in [-0.05, 0) is 37.1 Å². The Bertz CT molecular complexity index is 1020. The molecule has 144 valence electrons. The molecule has 1 aromatic heterocycles. The average molecular weight is 388 g/mol. The van der Waals surface area contributed by atoms with Gasteiger partial charge in [-0.2, -0.15) is 4.98 Å². The van der Waals surface area contributed by atoms with Crippen molar-refractivity contribution in [1.29, 1.82) is 0 Å². The van der Waals surface area contributed by atoms with E-state index in [1.54, 1.807) is 6.07 Å². The summed E-state index contributed by atoms with van der Waals surface area (Å²) in [4.78, 5) is 18.2. The smallest absolute Gasteiger partial charge is 0.322 e. The minimum Gasteiger partial charge on any atom is -0.337 e. The van der Waals surface area contributed by atoms with Crippen molar-refractivity contribution in [2.75, 3.05) is 11.9 Å². The molecule has 0 unspecified atom stereocenters. The number of hydrogen-bond acceptors (Lipinski definition) is 4. The van der Waals surface area contributed by atoms with E-state index in [4.69, 9.17) is 4.52 Å². The highest BCUT2D eigenvalue weighted by molar-refractivity contribution is 5.89. The number of para-hydroxylation sites is 1. The van der Waals surface area contributed by atoms with E-state index in [1.807, 2.05) is 0 Å². The van der Waals surface area contributed by atoms with Gasteiger partial charge in [0.05, 0.1) is 11.3 Å². The maximum absolute atomic E-state index is 13.9. The molecule has 0 saturated carbocycles. The minimum absolute atomic E-state index is 0.00300. The molecule has 6 nitrogen and oxygen atoms in total. The lowest BCUT2D eigenvalue weighted by atomic mass is 10.2. The van der Waals surface area contributed by atoms with Crippen LogP contribution in [-0.4, -0.2) is 27.6 Å². The highest BCUT2D eigenvalue weighted by atomic mass is 19.1. The van der Waals surface area contributed by atoms with Crippen LogP contribution in [0.3, 0.4) is 0 Å². The zero-order valence-electron chi connectivity index (χ0n) is 14.5. The average Bonchev–Trinajstić information content (AvgIpc) is 3.32. The lowest BCUT2D eigenvalue weighted by molar-refractivity contribution is 0.193. The number of nitrogens with zero attached hydrogens (tertiary/aromatic N) is 3. The molecule has 3 aromatic rings. The number of likely N-dealkylation sites (tertiary alicyclic amines) is 1. The number of aromatic nitrogens is 2. The zero-order chi connectivity index (χ0) is 19.7. The molecule has 9 heteroatoms. The molecule has 0 aliphatic carbocycles. The van der Waals surface area contributed by atoms with Crippen molar-refractivity contribution >= 4 is 11.7 Å². The predicted molar refractivity (Wildman–Crippen MR) is 93.7 cm³/mol. The van der Waals surface area contributed by atoms with Crippen LogP contribution in [0.15, 0.2) is 47.0 Å². The molecule has 1 N–H and O–H groups in total. The van der Waals surface area contributed by atoms with Crippen molar-refractivity contribution < 1.29 is 22.5 Å². The third-order valence-electron chi connectivity index (χ3n) is 4.53. The molecule has 0 bridgehead atoms. The Morgan fingerprint density at radius 2 is 1.96 bits per heavy atom. The molecular weight excluding hydrogens is 373 g/mol. The first-order valence-electron chi connectivity index (χ1n) is 8.64. The van der Waals surface area contributed by atoms with Crippen LogP contribution >= 0.6 is 0 Å². The van der Waals surface area contributed by atoms with E-state index < -0.39 is 29.5 Å². The number of urea groups is 1. The summed E-state index contributed by atoms with van der Waals surface area (Å²) >= 11 is 0. The Labute approximate surface area is 158 Å². The van der Waals surface area contributed by atoms with Gasteiger partial charge in [-0.3, -0.25) is 0 Å². The predicted octanol–water partition coefficient (Wildman–Crippen LogP) is 4.52. The van der Waals surface area contributed by atoms with Crippen molar-refractivity contribution in [3.8, 4) is 11.4 Å². The number of anilines is 1. The van der Waals surface area contributed by atoms with Crippen LogP contribution in [-0.2, 0) is 0 Å². The molecule has 2 amide bonds. The van der Waals surface area contributed by atoms with E-state index in [2.05, 4.69) is 15.5 Å². The van der Waals surface area contributed by atoms with Crippen LogP contribution in [0.4, 0.5) is 23.7 Å². The molecule has 2 heterocycles. The number of hydrogen-bond donors (Lipinski definition) is 1. The van der Waals surface area contributed by atoms with Gasteiger partial charge >= 0.3 is 6.03 Å². The number of carbonyl (C=O) groups excluding carboxylic acids is 1. The Morgan fingerprint density at radius 3 is 2.75 bits per heavy atom. The van der Waals surface area contributed by atoms with Crippen molar-refractivity contribution in [3.05, 3.63) is 65.8 Å². The fraction of sp³-hybridized carbons (Fsp3) is 0.211. The first-order valence-corrected chi connectivity index (χ1v) is 8.64. The molecule has 1 saturated heterocycles. The summed E-state index contributed by atoms with van der Waals surface area (Å²) in [5.41, 5.74) is 0.0644. The van der Waals surface area contributed by atoms with Crippen LogP contribution in [0.1, 0.15) is 24.8 Å². The van der Waals surface area contributed by atoms with Crippen LogP contribution < -0.4 is 5.32 Å². The molecule has 1 fully saturated rings.